The first-order valence-electron chi connectivity index (χ1n) is 28.3. The summed E-state index contributed by atoms with van der Waals surface area (Å²) in [7, 11) is 3.16. The second-order valence-electron chi connectivity index (χ2n) is 23.1. The number of aromatic carboxylic acids is 1. The smallest absolute Gasteiger partial charge is 0.410 e. The van der Waals surface area contributed by atoms with Crippen molar-refractivity contribution in [3.8, 4) is 11.6 Å². The molecule has 10 heterocycles. The topological polar surface area (TPSA) is 295 Å². The zero-order chi connectivity index (χ0) is 66.4. The number of carboxylic acids is 1. The van der Waals surface area contributed by atoms with E-state index < -0.39 is 41.4 Å². The first kappa shape index (κ1) is 68.2. The summed E-state index contributed by atoms with van der Waals surface area (Å²) in [5.41, 5.74) is 4.89. The third-order valence-corrected chi connectivity index (χ3v) is 15.0. The molecule has 91 heavy (non-hydrogen) atoms. The molecule has 0 aliphatic carbocycles. The van der Waals surface area contributed by atoms with Crippen LogP contribution in [0.2, 0.25) is 25.5 Å². The lowest BCUT2D eigenvalue weighted by atomic mass is 9.96. The van der Waals surface area contributed by atoms with Crippen molar-refractivity contribution in [3.63, 3.8) is 0 Å². The van der Waals surface area contributed by atoms with Crippen molar-refractivity contribution in [2.45, 2.75) is 131 Å². The number of carbonyl (C=O) groups excluding carboxylic acids is 4. The number of halogens is 5. The van der Waals surface area contributed by atoms with Crippen LogP contribution in [0.5, 0.6) is 0 Å². The van der Waals surface area contributed by atoms with Crippen LogP contribution in [0, 0.1) is 0 Å². The van der Waals surface area contributed by atoms with Crippen molar-refractivity contribution in [2.24, 2.45) is 0 Å². The van der Waals surface area contributed by atoms with Gasteiger partial charge in [0.05, 0.1) is 51.6 Å². The predicted octanol–water partition coefficient (Wildman–Crippen LogP) is 11.8. The minimum absolute atomic E-state index is 0.0440. The summed E-state index contributed by atoms with van der Waals surface area (Å²) in [6.45, 7) is 18.4. The Bertz CT molecular complexity index is 4290. The van der Waals surface area contributed by atoms with Crippen LogP contribution in [0.15, 0.2) is 92.2 Å². The number of carboxylic acid groups (broad SMARTS) is 1. The van der Waals surface area contributed by atoms with Gasteiger partial charge >= 0.3 is 18.2 Å². The quantitative estimate of drug-likeness (QED) is 0.0885. The minimum Gasteiger partial charge on any atom is -0.478 e. The molecule has 0 aromatic carbocycles. The second-order valence-corrected chi connectivity index (χ2v) is 25.1. The molecule has 0 saturated heterocycles. The number of rotatable bonds is 17. The fraction of sp³-hybridized carbons (Fsp3) is 0.367. The monoisotopic (exact) mass is 1340 g/mol. The molecule has 0 saturated carbocycles. The normalized spacial score (nSPS) is 12.6. The van der Waals surface area contributed by atoms with Crippen LogP contribution in [0.25, 0.3) is 28.6 Å². The Labute approximate surface area is 547 Å². The molecule has 0 fully saturated rings. The van der Waals surface area contributed by atoms with Gasteiger partial charge in [0.25, 0.3) is 0 Å². The van der Waals surface area contributed by atoms with Crippen molar-refractivity contribution >= 4 is 105 Å². The molecule has 0 unspecified atom stereocenters. The van der Waals surface area contributed by atoms with E-state index in [2.05, 4.69) is 69.4 Å². The molecule has 10 rings (SSSR count). The molecule has 3 atom stereocenters. The molecule has 0 spiro atoms. The van der Waals surface area contributed by atoms with Gasteiger partial charge in [-0.3, -0.25) is 9.59 Å². The van der Waals surface area contributed by atoms with Crippen LogP contribution in [-0.4, -0.2) is 148 Å². The molecule has 26 nitrogen and oxygen atoms in total. The Morgan fingerprint density at radius 1 is 0.549 bits per heavy atom. The van der Waals surface area contributed by atoms with Gasteiger partial charge in [-0.2, -0.15) is 30.6 Å². The van der Waals surface area contributed by atoms with Gasteiger partial charge in [0.2, 0.25) is 0 Å². The molecule has 0 aliphatic rings. The summed E-state index contributed by atoms with van der Waals surface area (Å²) in [6.07, 6.45) is 14.7. The van der Waals surface area contributed by atoms with E-state index in [4.69, 9.17) is 67.5 Å². The molecule has 0 bridgehead atoms. The van der Waals surface area contributed by atoms with E-state index in [9.17, 15) is 29.1 Å². The Kier molecular flexibility index (Phi) is 21.5. The summed E-state index contributed by atoms with van der Waals surface area (Å²) in [6, 6.07) is 8.92. The number of pyridine rings is 2. The lowest BCUT2D eigenvalue weighted by Gasteiger charge is -2.30. The molecule has 1 N–H and O–H groups in total. The molecular formula is C60H65Cl5N18O8. The SMILES string of the molecule is CC[C@@H](C)c1c(CC(=O)Cc2cnc(-n3cccn3)c(Cl)c2)cnc2cc(Cl)nn12.C[C@@H](c1c(C(=O)O)cnc2cc(Cl)nn12)N(C)C(=O)OC(C)(C)C.C[C@@H](c1c(CC(=O)Cc2cnc(-n3nccn3)c(Cl)c2)cnc2cc(Cl)nn12)N(C)C(=O)OC(C)(C)C. The maximum absolute atomic E-state index is 13.1. The molecule has 31 heteroatoms. The van der Waals surface area contributed by atoms with Crippen molar-refractivity contribution in [1.29, 1.82) is 0 Å². The van der Waals surface area contributed by atoms with E-state index in [1.165, 1.54) is 50.8 Å². The van der Waals surface area contributed by atoms with Gasteiger partial charge in [-0.25, -0.2) is 57.5 Å². The van der Waals surface area contributed by atoms with Gasteiger partial charge < -0.3 is 24.4 Å². The first-order chi connectivity index (χ1) is 42.9. The standard InChI is InChI=1S/C24H26Cl2N8O3.C21H20Cl2N6O.C15H19ClN4O4/c1-14(32(5)23(36)37-24(2,3)4)21-16(13-27-20-11-19(26)31-33(20)21)10-17(35)8-15-9-18(25)22(28-12-15)34-29-6-7-30-34;1-3-13(2)20-15(12-24-19-10-18(23)27-29(19)20)9-16(30)7-14-8-17(22)21(25-11-14)28-6-4-5-26-28;1-8(19(5)14(23)24-15(2,3)4)12-9(13(21)22)7-17-11-6-10(16)18-20(11)12/h6-7,9,11-14H,8,10H2,1-5H3;4-6,8,10-13H,3,7,9H2,1-2H3;6-8H,1-5H3,(H,21,22)/t14-;13-;8-/m010/s1. The summed E-state index contributed by atoms with van der Waals surface area (Å²) in [5.74, 6) is -0.120. The van der Waals surface area contributed by atoms with Crippen molar-refractivity contribution in [2.75, 3.05) is 14.1 Å². The summed E-state index contributed by atoms with van der Waals surface area (Å²) < 4.78 is 17.1. The number of Topliss-reactive ketones (excluding diaryl/α,β-unsaturated/α-hetero) is 2. The van der Waals surface area contributed by atoms with Crippen LogP contribution in [0.4, 0.5) is 9.59 Å². The summed E-state index contributed by atoms with van der Waals surface area (Å²) in [4.78, 5) is 88.1. The zero-order valence-electron chi connectivity index (χ0n) is 51.7. The Hall–Kier alpha value is -8.69. The summed E-state index contributed by atoms with van der Waals surface area (Å²) in [5, 5.41) is 36.0. The van der Waals surface area contributed by atoms with Crippen molar-refractivity contribution in [1.82, 2.24) is 88.3 Å². The second kappa shape index (κ2) is 28.6. The van der Waals surface area contributed by atoms with Crippen LogP contribution in [0.1, 0.15) is 143 Å². The van der Waals surface area contributed by atoms with Gasteiger partial charge in [0.1, 0.15) is 28.3 Å². The molecule has 2 amide bonds. The highest BCUT2D eigenvalue weighted by molar-refractivity contribution is 6.32. The fourth-order valence-electron chi connectivity index (χ4n) is 9.37. The molecule has 10 aromatic rings. The number of hydrogen-bond acceptors (Lipinski definition) is 18. The van der Waals surface area contributed by atoms with Crippen LogP contribution >= 0.6 is 58.0 Å². The Morgan fingerprint density at radius 2 is 0.978 bits per heavy atom. The molecular weight excluding hydrogens is 1280 g/mol. The summed E-state index contributed by atoms with van der Waals surface area (Å²) >= 11 is 30.8. The Morgan fingerprint density at radius 3 is 1.41 bits per heavy atom. The maximum atomic E-state index is 13.1. The average molecular weight is 1340 g/mol. The third-order valence-electron chi connectivity index (χ3n) is 13.9. The molecule has 0 aliphatic heterocycles. The highest BCUT2D eigenvalue weighted by atomic mass is 35.5. The fourth-order valence-corrected chi connectivity index (χ4v) is 10.4. The number of hydrogen-bond donors (Lipinski definition) is 1. The number of ketones is 2. The van der Waals surface area contributed by atoms with Crippen LogP contribution in [-0.2, 0) is 44.7 Å². The number of amides is 2. The number of aromatic nitrogens is 16. The molecule has 10 aromatic heterocycles. The van der Waals surface area contributed by atoms with E-state index in [1.54, 1.807) is 137 Å². The predicted molar refractivity (Wildman–Crippen MR) is 340 cm³/mol. The van der Waals surface area contributed by atoms with Crippen molar-refractivity contribution in [3.05, 3.63) is 163 Å². The first-order valence-corrected chi connectivity index (χ1v) is 30.2. The van der Waals surface area contributed by atoms with Gasteiger partial charge in [-0.15, -0.1) is 4.80 Å². The molecule has 478 valence electrons. The van der Waals surface area contributed by atoms with E-state index >= 15 is 0 Å². The Balaban J connectivity index is 0.000000180. The van der Waals surface area contributed by atoms with Gasteiger partial charge in [-0.1, -0.05) is 71.9 Å². The zero-order valence-corrected chi connectivity index (χ0v) is 55.5. The molecule has 0 radical (unpaired) electrons. The van der Waals surface area contributed by atoms with E-state index in [0.29, 0.717) is 60.6 Å². The highest BCUT2D eigenvalue weighted by Crippen LogP contribution is 2.31. The van der Waals surface area contributed by atoms with Gasteiger partial charge in [-0.05, 0) is 103 Å². The lowest BCUT2D eigenvalue weighted by molar-refractivity contribution is -0.118. The van der Waals surface area contributed by atoms with E-state index in [0.717, 1.165) is 23.2 Å². The number of fused-ring (bicyclic) bond motifs is 3. The third kappa shape index (κ3) is 16.8. The number of carbonyl (C=O) groups is 5. The minimum atomic E-state index is -1.17. The lowest BCUT2D eigenvalue weighted by Crippen LogP contribution is -2.37. The van der Waals surface area contributed by atoms with Gasteiger partial charge in [0, 0.05) is 107 Å². The highest BCUT2D eigenvalue weighted by Gasteiger charge is 2.31. The largest absolute Gasteiger partial charge is 0.478 e. The van der Waals surface area contributed by atoms with Crippen LogP contribution < -0.4 is 0 Å². The van der Waals surface area contributed by atoms with Gasteiger partial charge in [0.15, 0.2) is 44.0 Å². The number of ether oxygens (including phenoxy) is 2. The maximum Gasteiger partial charge on any atom is 0.410 e. The average Bonchev–Trinajstić information content (AvgIpc) is 1.82. The van der Waals surface area contributed by atoms with Crippen molar-refractivity contribution < 1.29 is 38.6 Å². The van der Waals surface area contributed by atoms with E-state index in [1.807, 2.05) is 6.92 Å². The van der Waals surface area contributed by atoms with Crippen LogP contribution in [0.3, 0.4) is 0 Å². The van der Waals surface area contributed by atoms with E-state index in [-0.39, 0.29) is 64.7 Å². The number of nitrogens with zero attached hydrogens (tertiary/aromatic N) is 18.